The highest BCUT2D eigenvalue weighted by Crippen LogP contribution is 2.48. The summed E-state index contributed by atoms with van der Waals surface area (Å²) in [4.78, 5) is 23.8. The second kappa shape index (κ2) is 3.94. The van der Waals surface area contributed by atoms with Crippen LogP contribution in [0.25, 0.3) is 0 Å². The molecular weight excluding hydrogens is 228 g/mol. The number of carbonyl (C=O) groups excluding carboxylic acids is 2. The van der Waals surface area contributed by atoms with Gasteiger partial charge in [0.1, 0.15) is 6.10 Å². The summed E-state index contributed by atoms with van der Waals surface area (Å²) in [6.45, 7) is 6.16. The van der Waals surface area contributed by atoms with Gasteiger partial charge in [-0.15, -0.1) is 0 Å². The molecule has 1 saturated carbocycles. The Morgan fingerprint density at radius 2 is 1.89 bits per heavy atom. The Morgan fingerprint density at radius 3 is 2.61 bits per heavy atom. The number of rotatable bonds is 0. The van der Waals surface area contributed by atoms with Crippen LogP contribution in [-0.2, 0) is 14.3 Å². The number of fused-ring (bicyclic) bond motifs is 2. The van der Waals surface area contributed by atoms with Crippen LogP contribution >= 0.6 is 0 Å². The van der Waals surface area contributed by atoms with Crippen LogP contribution in [0.5, 0.6) is 0 Å². The van der Waals surface area contributed by atoms with Gasteiger partial charge in [-0.1, -0.05) is 19.4 Å². The molecule has 1 heterocycles. The van der Waals surface area contributed by atoms with Gasteiger partial charge in [0.2, 0.25) is 0 Å². The second-order valence-corrected chi connectivity index (χ2v) is 6.27. The lowest BCUT2D eigenvalue weighted by Crippen LogP contribution is -2.21. The molecule has 2 aliphatic carbocycles. The molecular formula is C15H20O3. The number of allylic oxidation sites excluding steroid dienone is 1. The van der Waals surface area contributed by atoms with E-state index in [1.807, 2.05) is 13.8 Å². The molecule has 0 aromatic carbocycles. The molecule has 1 saturated heterocycles. The largest absolute Gasteiger partial charge is 0.461 e. The van der Waals surface area contributed by atoms with Crippen LogP contribution in [0.3, 0.4) is 0 Å². The normalized spacial score (nSPS) is 43.6. The van der Waals surface area contributed by atoms with Crippen LogP contribution in [0.1, 0.15) is 40.0 Å². The molecule has 0 amide bonds. The molecule has 3 nitrogen and oxygen atoms in total. The zero-order valence-electron chi connectivity index (χ0n) is 11.2. The monoisotopic (exact) mass is 248 g/mol. The molecule has 3 rings (SSSR count). The lowest BCUT2D eigenvalue weighted by Gasteiger charge is -2.21. The van der Waals surface area contributed by atoms with Crippen molar-refractivity contribution in [3.05, 3.63) is 11.1 Å². The number of Topliss-reactive ketones (excluding diaryl/α,β-unsaturated/α-hetero) is 1. The van der Waals surface area contributed by atoms with Crippen LogP contribution in [0, 0.1) is 23.7 Å². The quantitative estimate of drug-likeness (QED) is 0.619. The number of ketones is 1. The number of esters is 1. The average molecular weight is 248 g/mol. The van der Waals surface area contributed by atoms with Gasteiger partial charge >= 0.3 is 5.97 Å². The van der Waals surface area contributed by atoms with Gasteiger partial charge in [-0.3, -0.25) is 9.59 Å². The van der Waals surface area contributed by atoms with Gasteiger partial charge in [0.05, 0.1) is 5.92 Å². The Balaban J connectivity index is 1.98. The molecule has 1 aliphatic heterocycles. The van der Waals surface area contributed by atoms with E-state index in [0.717, 1.165) is 24.0 Å². The van der Waals surface area contributed by atoms with Gasteiger partial charge < -0.3 is 4.74 Å². The fourth-order valence-corrected chi connectivity index (χ4v) is 4.04. The van der Waals surface area contributed by atoms with Gasteiger partial charge in [-0.2, -0.15) is 0 Å². The maximum atomic E-state index is 12.1. The predicted molar refractivity (Wildman–Crippen MR) is 66.7 cm³/mol. The highest BCUT2D eigenvalue weighted by molar-refractivity contribution is 5.99. The van der Waals surface area contributed by atoms with Crippen molar-refractivity contribution in [2.75, 3.05) is 0 Å². The van der Waals surface area contributed by atoms with E-state index in [1.165, 1.54) is 0 Å². The van der Waals surface area contributed by atoms with Gasteiger partial charge in [0.25, 0.3) is 0 Å². The molecule has 3 heteroatoms. The van der Waals surface area contributed by atoms with Crippen molar-refractivity contribution in [3.63, 3.8) is 0 Å². The van der Waals surface area contributed by atoms with E-state index < -0.39 is 0 Å². The van der Waals surface area contributed by atoms with Crippen LogP contribution in [0.2, 0.25) is 0 Å². The van der Waals surface area contributed by atoms with Crippen LogP contribution in [-0.4, -0.2) is 17.9 Å². The Hall–Kier alpha value is -1.12. The number of ether oxygens (including phenoxy) is 1. The van der Waals surface area contributed by atoms with Crippen LogP contribution in [0.4, 0.5) is 0 Å². The van der Waals surface area contributed by atoms with E-state index in [1.54, 1.807) is 0 Å². The molecule has 0 N–H and O–H groups in total. The zero-order chi connectivity index (χ0) is 13.0. The predicted octanol–water partition coefficient (Wildman–Crippen LogP) is 2.50. The molecule has 0 bridgehead atoms. The van der Waals surface area contributed by atoms with Crippen molar-refractivity contribution < 1.29 is 14.3 Å². The highest BCUT2D eigenvalue weighted by atomic mass is 16.6. The summed E-state index contributed by atoms with van der Waals surface area (Å²) in [5, 5.41) is 0. The molecule has 0 radical (unpaired) electrons. The van der Waals surface area contributed by atoms with Crippen molar-refractivity contribution in [1.29, 1.82) is 0 Å². The minimum absolute atomic E-state index is 0.00519. The van der Waals surface area contributed by atoms with Gasteiger partial charge in [-0.05, 0) is 30.8 Å². The summed E-state index contributed by atoms with van der Waals surface area (Å²) in [7, 11) is 0. The van der Waals surface area contributed by atoms with E-state index in [2.05, 4.69) is 6.92 Å². The third kappa shape index (κ3) is 1.56. The van der Waals surface area contributed by atoms with Crippen molar-refractivity contribution >= 4 is 11.8 Å². The Morgan fingerprint density at radius 1 is 1.17 bits per heavy atom. The minimum Gasteiger partial charge on any atom is -0.461 e. The number of carbonyl (C=O) groups is 2. The number of hydrogen-bond donors (Lipinski definition) is 0. The third-order valence-electron chi connectivity index (χ3n) is 5.12. The summed E-state index contributed by atoms with van der Waals surface area (Å²) in [5.74, 6) is 1.32. The standard InChI is InChI=1S/C15H20O3/c1-7-4-12(16)14-8(2)5-13-11(6-10(7)14)9(3)15(17)18-13/h7,9-11,13H,4-6H2,1-3H3/t7-,9-,10-,11-,13+/m0/s1. The van der Waals surface area contributed by atoms with Gasteiger partial charge in [-0.25, -0.2) is 0 Å². The molecule has 2 fully saturated rings. The molecule has 98 valence electrons. The smallest absolute Gasteiger partial charge is 0.309 e. The Labute approximate surface area is 108 Å². The van der Waals surface area contributed by atoms with Crippen molar-refractivity contribution in [3.8, 4) is 0 Å². The fraction of sp³-hybridized carbons (Fsp3) is 0.733. The molecule has 0 unspecified atom stereocenters. The molecule has 18 heavy (non-hydrogen) atoms. The summed E-state index contributed by atoms with van der Waals surface area (Å²) in [5.41, 5.74) is 2.21. The Bertz CT molecular complexity index is 449. The SMILES string of the molecule is CC1=C2C(=O)C[C@H](C)[C@@H]2C[C@H]2[C@H](C)C(=O)O[C@@H]2C1. The molecule has 3 aliphatic rings. The lowest BCUT2D eigenvalue weighted by atomic mass is 9.81. The first kappa shape index (κ1) is 11.9. The average Bonchev–Trinajstić information content (AvgIpc) is 2.65. The first-order valence-corrected chi connectivity index (χ1v) is 6.92. The minimum atomic E-state index is -0.0572. The summed E-state index contributed by atoms with van der Waals surface area (Å²) in [6.07, 6.45) is 2.38. The first-order valence-electron chi connectivity index (χ1n) is 6.92. The molecule has 0 aromatic rings. The first-order chi connectivity index (χ1) is 8.49. The van der Waals surface area contributed by atoms with Gasteiger partial charge in [0, 0.05) is 18.8 Å². The second-order valence-electron chi connectivity index (χ2n) is 6.27. The zero-order valence-corrected chi connectivity index (χ0v) is 11.2. The van der Waals surface area contributed by atoms with E-state index in [4.69, 9.17) is 4.74 Å². The fourth-order valence-electron chi connectivity index (χ4n) is 4.04. The third-order valence-corrected chi connectivity index (χ3v) is 5.12. The van der Waals surface area contributed by atoms with E-state index in [-0.39, 0.29) is 18.0 Å². The highest BCUT2D eigenvalue weighted by Gasteiger charge is 2.48. The van der Waals surface area contributed by atoms with Crippen molar-refractivity contribution in [1.82, 2.24) is 0 Å². The molecule has 0 spiro atoms. The van der Waals surface area contributed by atoms with Crippen molar-refractivity contribution in [2.24, 2.45) is 23.7 Å². The van der Waals surface area contributed by atoms with E-state index >= 15 is 0 Å². The van der Waals surface area contributed by atoms with E-state index in [9.17, 15) is 9.59 Å². The summed E-state index contributed by atoms with van der Waals surface area (Å²) >= 11 is 0. The van der Waals surface area contributed by atoms with Crippen LogP contribution < -0.4 is 0 Å². The lowest BCUT2D eigenvalue weighted by molar-refractivity contribution is -0.143. The topological polar surface area (TPSA) is 43.4 Å². The maximum absolute atomic E-state index is 12.1. The number of hydrogen-bond acceptors (Lipinski definition) is 3. The molecule has 5 atom stereocenters. The Kier molecular flexibility index (Phi) is 2.61. The maximum Gasteiger partial charge on any atom is 0.309 e. The van der Waals surface area contributed by atoms with Crippen molar-refractivity contribution in [2.45, 2.75) is 46.1 Å². The van der Waals surface area contributed by atoms with Gasteiger partial charge in [0.15, 0.2) is 5.78 Å². The summed E-state index contributed by atoms with van der Waals surface area (Å²) in [6, 6.07) is 0. The molecule has 0 aromatic heterocycles. The summed E-state index contributed by atoms with van der Waals surface area (Å²) < 4.78 is 5.48. The van der Waals surface area contributed by atoms with E-state index in [0.29, 0.717) is 30.0 Å². The van der Waals surface area contributed by atoms with Crippen LogP contribution in [0.15, 0.2) is 11.1 Å².